The molecule has 0 saturated heterocycles. The van der Waals surface area contributed by atoms with Crippen molar-refractivity contribution in [3.63, 3.8) is 0 Å². The number of aromatic nitrogens is 1. The van der Waals surface area contributed by atoms with Crippen LogP contribution in [0.2, 0.25) is 0 Å². The maximum absolute atomic E-state index is 12.0. The molecule has 1 atom stereocenters. The van der Waals surface area contributed by atoms with Gasteiger partial charge in [0.05, 0.1) is 17.6 Å². The van der Waals surface area contributed by atoms with Crippen molar-refractivity contribution in [3.8, 4) is 16.2 Å². The SMILES string of the molecule is CC(=O)c1ccc(-c2cc(C)c3c(c2)CC(CNC(=O)/C=C/c2ccno2)O3)s1. The Morgan fingerprint density at radius 2 is 2.17 bits per heavy atom. The monoisotopic (exact) mass is 408 g/mol. The number of amides is 1. The van der Waals surface area contributed by atoms with Crippen LogP contribution in [-0.2, 0) is 11.2 Å². The minimum Gasteiger partial charge on any atom is -0.488 e. The molecule has 1 aliphatic heterocycles. The van der Waals surface area contributed by atoms with Crippen LogP contribution in [0.15, 0.2) is 47.1 Å². The molecular weight excluding hydrogens is 388 g/mol. The maximum atomic E-state index is 12.0. The number of fused-ring (bicyclic) bond motifs is 1. The Hall–Kier alpha value is -3.19. The minimum atomic E-state index is -0.214. The van der Waals surface area contributed by atoms with Gasteiger partial charge in [-0.05, 0) is 60.9 Å². The number of ketones is 1. The smallest absolute Gasteiger partial charge is 0.244 e. The van der Waals surface area contributed by atoms with Crippen LogP contribution >= 0.6 is 11.3 Å². The van der Waals surface area contributed by atoms with Gasteiger partial charge in [0.25, 0.3) is 0 Å². The Morgan fingerprint density at radius 1 is 1.31 bits per heavy atom. The van der Waals surface area contributed by atoms with E-state index in [4.69, 9.17) is 9.26 Å². The Morgan fingerprint density at radius 3 is 2.90 bits per heavy atom. The summed E-state index contributed by atoms with van der Waals surface area (Å²) in [6, 6.07) is 9.72. The predicted molar refractivity (Wildman–Crippen MR) is 111 cm³/mol. The first kappa shape index (κ1) is 19.1. The van der Waals surface area contributed by atoms with Gasteiger partial charge < -0.3 is 14.6 Å². The standard InChI is InChI=1S/C22H20N2O4S/c1-13-9-15(20-5-4-19(29-20)14(2)25)10-16-11-18(27-22(13)16)12-23-21(26)6-3-17-7-8-24-28-17/h3-10,18H,11-12H2,1-2H3,(H,23,26)/b6-3+. The summed E-state index contributed by atoms with van der Waals surface area (Å²) in [5, 5.41) is 6.44. The number of carbonyl (C=O) groups is 2. The van der Waals surface area contributed by atoms with Crippen molar-refractivity contribution in [2.24, 2.45) is 0 Å². The van der Waals surface area contributed by atoms with Crippen molar-refractivity contribution in [2.75, 3.05) is 6.54 Å². The average Bonchev–Trinajstić information content (AvgIpc) is 3.44. The van der Waals surface area contributed by atoms with Crippen LogP contribution in [0.5, 0.6) is 5.75 Å². The van der Waals surface area contributed by atoms with Gasteiger partial charge in [-0.25, -0.2) is 0 Å². The fourth-order valence-corrected chi connectivity index (χ4v) is 4.19. The van der Waals surface area contributed by atoms with E-state index in [1.54, 1.807) is 19.1 Å². The lowest BCUT2D eigenvalue weighted by molar-refractivity contribution is -0.116. The molecule has 0 bridgehead atoms. The second kappa shape index (κ2) is 8.05. The molecule has 29 heavy (non-hydrogen) atoms. The van der Waals surface area contributed by atoms with Gasteiger partial charge in [-0.15, -0.1) is 11.3 Å². The number of nitrogens with one attached hydrogen (secondary N) is 1. The van der Waals surface area contributed by atoms with E-state index in [-0.39, 0.29) is 17.8 Å². The Labute approximate surface area is 172 Å². The summed E-state index contributed by atoms with van der Waals surface area (Å²) >= 11 is 1.50. The van der Waals surface area contributed by atoms with Gasteiger partial charge in [-0.2, -0.15) is 0 Å². The summed E-state index contributed by atoms with van der Waals surface area (Å²) < 4.78 is 11.0. The molecule has 2 aromatic heterocycles. The van der Waals surface area contributed by atoms with Crippen molar-refractivity contribution < 1.29 is 18.8 Å². The highest BCUT2D eigenvalue weighted by molar-refractivity contribution is 7.17. The molecule has 0 aliphatic carbocycles. The zero-order valence-electron chi connectivity index (χ0n) is 16.1. The van der Waals surface area contributed by atoms with E-state index in [1.807, 2.05) is 19.1 Å². The number of hydrogen-bond donors (Lipinski definition) is 1. The maximum Gasteiger partial charge on any atom is 0.244 e. The third-order valence-corrected chi connectivity index (χ3v) is 5.92. The van der Waals surface area contributed by atoms with E-state index in [0.717, 1.165) is 38.6 Å². The molecule has 1 N–H and O–H groups in total. The molecule has 0 fully saturated rings. The molecule has 4 rings (SSSR count). The fraction of sp³-hybridized carbons (Fsp3) is 0.227. The summed E-state index contributed by atoms with van der Waals surface area (Å²) in [5.41, 5.74) is 3.26. The molecule has 1 amide bonds. The van der Waals surface area contributed by atoms with Crippen LogP contribution in [0, 0.1) is 6.92 Å². The molecule has 1 aromatic carbocycles. The van der Waals surface area contributed by atoms with Crippen LogP contribution in [0.4, 0.5) is 0 Å². The van der Waals surface area contributed by atoms with Crippen molar-refractivity contribution in [2.45, 2.75) is 26.4 Å². The van der Waals surface area contributed by atoms with E-state index in [0.29, 0.717) is 12.3 Å². The van der Waals surface area contributed by atoms with Gasteiger partial charge >= 0.3 is 0 Å². The molecule has 1 aliphatic rings. The predicted octanol–water partition coefficient (Wildman–Crippen LogP) is 4.05. The van der Waals surface area contributed by atoms with Crippen molar-refractivity contribution in [1.29, 1.82) is 0 Å². The lowest BCUT2D eigenvalue weighted by Crippen LogP contribution is -2.33. The van der Waals surface area contributed by atoms with Crippen molar-refractivity contribution in [3.05, 3.63) is 64.4 Å². The fourth-order valence-electron chi connectivity index (χ4n) is 3.30. The van der Waals surface area contributed by atoms with E-state index in [2.05, 4.69) is 22.6 Å². The molecule has 7 heteroatoms. The Balaban J connectivity index is 1.40. The molecule has 148 valence electrons. The zero-order valence-corrected chi connectivity index (χ0v) is 16.9. The third kappa shape index (κ3) is 4.30. The first-order valence-electron chi connectivity index (χ1n) is 9.27. The minimum absolute atomic E-state index is 0.0793. The normalized spacial score (nSPS) is 15.3. The molecule has 0 radical (unpaired) electrons. The molecule has 0 saturated carbocycles. The summed E-state index contributed by atoms with van der Waals surface area (Å²) in [5.74, 6) is 1.27. The van der Waals surface area contributed by atoms with Crippen LogP contribution in [0.25, 0.3) is 16.5 Å². The summed E-state index contributed by atoms with van der Waals surface area (Å²) in [4.78, 5) is 25.4. The highest BCUT2D eigenvalue weighted by atomic mass is 32.1. The van der Waals surface area contributed by atoms with E-state index in [1.165, 1.54) is 23.6 Å². The summed E-state index contributed by atoms with van der Waals surface area (Å²) in [6.07, 6.45) is 5.11. The number of nitrogens with zero attached hydrogens (tertiary/aromatic N) is 1. The topological polar surface area (TPSA) is 81.4 Å². The quantitative estimate of drug-likeness (QED) is 0.492. The highest BCUT2D eigenvalue weighted by Gasteiger charge is 2.25. The van der Waals surface area contributed by atoms with E-state index >= 15 is 0 Å². The van der Waals surface area contributed by atoms with Crippen LogP contribution in [0.1, 0.15) is 33.5 Å². The van der Waals surface area contributed by atoms with Gasteiger partial charge in [0.15, 0.2) is 11.5 Å². The second-order valence-corrected chi connectivity index (χ2v) is 8.02. The van der Waals surface area contributed by atoms with E-state index < -0.39 is 0 Å². The number of Topliss-reactive ketones (excluding diaryl/α,β-unsaturated/α-hetero) is 1. The number of hydrogen-bond acceptors (Lipinski definition) is 6. The van der Waals surface area contributed by atoms with Gasteiger partial charge in [0.1, 0.15) is 11.9 Å². The Kier molecular flexibility index (Phi) is 5.31. The molecule has 1 unspecified atom stereocenters. The second-order valence-electron chi connectivity index (χ2n) is 6.94. The molecule has 6 nitrogen and oxygen atoms in total. The first-order valence-corrected chi connectivity index (χ1v) is 10.1. The number of carbonyl (C=O) groups excluding carboxylic acids is 2. The first-order chi connectivity index (χ1) is 14.0. The lowest BCUT2D eigenvalue weighted by Gasteiger charge is -2.12. The number of rotatable bonds is 6. The largest absolute Gasteiger partial charge is 0.488 e. The number of benzene rings is 1. The molecule has 0 spiro atoms. The Bertz CT molecular complexity index is 1080. The van der Waals surface area contributed by atoms with Crippen LogP contribution in [0.3, 0.4) is 0 Å². The number of thiophene rings is 1. The van der Waals surface area contributed by atoms with Crippen molar-refractivity contribution >= 4 is 29.1 Å². The van der Waals surface area contributed by atoms with Gasteiger partial charge in [-0.3, -0.25) is 9.59 Å². The molecule has 3 heterocycles. The van der Waals surface area contributed by atoms with Crippen molar-refractivity contribution in [1.82, 2.24) is 10.5 Å². The number of ether oxygens (including phenoxy) is 1. The lowest BCUT2D eigenvalue weighted by atomic mass is 10.0. The van der Waals surface area contributed by atoms with Gasteiger partial charge in [0, 0.05) is 23.4 Å². The summed E-state index contributed by atoms with van der Waals surface area (Å²) in [7, 11) is 0. The van der Waals surface area contributed by atoms with Crippen LogP contribution in [-0.4, -0.2) is 29.5 Å². The van der Waals surface area contributed by atoms with Gasteiger partial charge in [0.2, 0.25) is 5.91 Å². The highest BCUT2D eigenvalue weighted by Crippen LogP contribution is 2.38. The third-order valence-electron chi connectivity index (χ3n) is 4.68. The van der Waals surface area contributed by atoms with Gasteiger partial charge in [-0.1, -0.05) is 5.16 Å². The summed E-state index contributed by atoms with van der Waals surface area (Å²) in [6.45, 7) is 4.01. The molecule has 3 aromatic rings. The zero-order chi connectivity index (χ0) is 20.4. The average molecular weight is 408 g/mol. The molecular formula is C22H20N2O4S. The van der Waals surface area contributed by atoms with Crippen LogP contribution < -0.4 is 10.1 Å². The van der Waals surface area contributed by atoms with E-state index in [9.17, 15) is 9.59 Å². The number of aryl methyl sites for hydroxylation is 1.